The first kappa shape index (κ1) is 25.2. The van der Waals surface area contributed by atoms with E-state index in [1.165, 1.54) is 6.08 Å². The summed E-state index contributed by atoms with van der Waals surface area (Å²) in [4.78, 5) is 8.82. The third-order valence-electron chi connectivity index (χ3n) is 2.97. The van der Waals surface area contributed by atoms with Gasteiger partial charge in [-0.1, -0.05) is 46.8 Å². The molecule has 1 N–H and O–H groups in total. The van der Waals surface area contributed by atoms with Gasteiger partial charge in [0, 0.05) is 11.8 Å². The van der Waals surface area contributed by atoms with Crippen LogP contribution in [0.3, 0.4) is 0 Å². The van der Waals surface area contributed by atoms with Crippen LogP contribution in [0.15, 0.2) is 51.5 Å². The minimum Gasteiger partial charge on any atom is -0.338 e. The number of pyridine rings is 1. The van der Waals surface area contributed by atoms with Gasteiger partial charge in [0.25, 0.3) is 0 Å². The molecule has 1 aromatic rings. The summed E-state index contributed by atoms with van der Waals surface area (Å²) in [6.07, 6.45) is 10.2. The van der Waals surface area contributed by atoms with Gasteiger partial charge in [-0.25, -0.2) is 9.37 Å². The molecule has 5 heteroatoms. The van der Waals surface area contributed by atoms with Crippen molar-refractivity contribution >= 4 is 33.6 Å². The van der Waals surface area contributed by atoms with Gasteiger partial charge in [0.2, 0.25) is 0 Å². The van der Waals surface area contributed by atoms with Gasteiger partial charge >= 0.3 is 0 Å². The molecule has 0 aliphatic heterocycles. The first-order chi connectivity index (χ1) is 12.8. The highest BCUT2D eigenvalue weighted by Gasteiger charge is 2.10. The summed E-state index contributed by atoms with van der Waals surface area (Å²) in [7, 11) is 0. The van der Waals surface area contributed by atoms with Crippen LogP contribution >= 0.6 is 15.9 Å². The Kier molecular flexibility index (Phi) is 13.4. The topological polar surface area (TPSA) is 37.3 Å². The molecule has 0 saturated carbocycles. The van der Waals surface area contributed by atoms with E-state index in [4.69, 9.17) is 0 Å². The normalized spacial score (nSPS) is 12.7. The molecule has 0 amide bonds. The maximum atomic E-state index is 14.3. The first-order valence-electron chi connectivity index (χ1n) is 9.42. The number of aromatic nitrogens is 1. The van der Waals surface area contributed by atoms with Crippen molar-refractivity contribution < 1.29 is 4.39 Å². The molecule has 27 heavy (non-hydrogen) atoms. The summed E-state index contributed by atoms with van der Waals surface area (Å²) in [5.74, 6) is 1.08. The number of halogens is 2. The molecule has 0 saturated heterocycles. The first-order valence-corrected chi connectivity index (χ1v) is 10.2. The van der Waals surface area contributed by atoms with Crippen molar-refractivity contribution in [3.63, 3.8) is 0 Å². The largest absolute Gasteiger partial charge is 0.338 e. The number of hydrogen-bond acceptors (Lipinski definition) is 3. The van der Waals surface area contributed by atoms with Gasteiger partial charge in [-0.05, 0) is 66.8 Å². The van der Waals surface area contributed by atoms with Gasteiger partial charge < -0.3 is 5.32 Å². The van der Waals surface area contributed by atoms with Crippen molar-refractivity contribution in [2.75, 3.05) is 5.32 Å². The number of hydrogen-bond donors (Lipinski definition) is 1. The summed E-state index contributed by atoms with van der Waals surface area (Å²) in [6, 6.07) is 1.85. The molecule has 0 radical (unpaired) electrons. The minimum atomic E-state index is -0.329. The summed E-state index contributed by atoms with van der Waals surface area (Å²) in [6.45, 7) is 14.2. The van der Waals surface area contributed by atoms with Crippen LogP contribution in [-0.4, -0.2) is 11.2 Å². The van der Waals surface area contributed by atoms with Gasteiger partial charge in [0.15, 0.2) is 0 Å². The van der Waals surface area contributed by atoms with Crippen LogP contribution in [-0.2, 0) is 0 Å². The zero-order valence-corrected chi connectivity index (χ0v) is 19.2. The molecule has 0 aliphatic carbocycles. The monoisotopic (exact) mass is 437 g/mol. The molecule has 0 unspecified atom stereocenters. The van der Waals surface area contributed by atoms with Gasteiger partial charge in [-0.15, -0.1) is 0 Å². The smallest absolute Gasteiger partial charge is 0.146 e. The lowest BCUT2D eigenvalue weighted by Gasteiger charge is -2.12. The summed E-state index contributed by atoms with van der Waals surface area (Å²) >= 11 is 3.38. The molecule has 0 fully saturated rings. The van der Waals surface area contributed by atoms with Crippen LogP contribution in [0, 0.1) is 12.8 Å². The van der Waals surface area contributed by atoms with E-state index in [0.717, 1.165) is 30.0 Å². The van der Waals surface area contributed by atoms with Gasteiger partial charge in [-0.2, -0.15) is 0 Å². The third kappa shape index (κ3) is 10.9. The van der Waals surface area contributed by atoms with Crippen molar-refractivity contribution in [2.24, 2.45) is 10.9 Å². The van der Waals surface area contributed by atoms with Crippen molar-refractivity contribution in [3.8, 4) is 0 Å². The summed E-state index contributed by atoms with van der Waals surface area (Å²) in [5.41, 5.74) is 2.05. The lowest BCUT2D eigenvalue weighted by Crippen LogP contribution is -2.03. The van der Waals surface area contributed by atoms with Crippen molar-refractivity contribution in [1.82, 2.24) is 4.98 Å². The Balaban J connectivity index is 0.00000153. The molecule has 1 heterocycles. The van der Waals surface area contributed by atoms with E-state index in [0.29, 0.717) is 16.1 Å². The van der Waals surface area contributed by atoms with Crippen LogP contribution in [0.1, 0.15) is 59.9 Å². The van der Waals surface area contributed by atoms with Crippen LogP contribution in [0.5, 0.6) is 0 Å². The highest BCUT2D eigenvalue weighted by molar-refractivity contribution is 9.10. The number of allylic oxidation sites excluding steroid dienone is 5. The fraction of sp³-hybridized carbons (Fsp3) is 0.455. The molecule has 0 spiro atoms. The SMILES string of the molecule is CC(C)C.C\C=C/C(Nc1nc(Br)cc(N=CCC)c1C)=C(F)\C=C\CC. The summed E-state index contributed by atoms with van der Waals surface area (Å²) in [5, 5.41) is 3.07. The van der Waals surface area contributed by atoms with Crippen molar-refractivity contribution in [2.45, 2.75) is 61.3 Å². The second-order valence-electron chi connectivity index (χ2n) is 6.59. The lowest BCUT2D eigenvalue weighted by atomic mass is 10.2. The quantitative estimate of drug-likeness (QED) is 0.266. The third-order valence-corrected chi connectivity index (χ3v) is 3.38. The number of nitrogens with one attached hydrogen (secondary N) is 1. The van der Waals surface area contributed by atoms with Crippen molar-refractivity contribution in [3.05, 3.63) is 52.1 Å². The average molecular weight is 438 g/mol. The fourth-order valence-corrected chi connectivity index (χ4v) is 2.19. The Morgan fingerprint density at radius 3 is 2.41 bits per heavy atom. The molecule has 0 aliphatic rings. The minimum absolute atomic E-state index is 0.329. The maximum absolute atomic E-state index is 14.3. The average Bonchev–Trinajstić information content (AvgIpc) is 2.60. The summed E-state index contributed by atoms with van der Waals surface area (Å²) < 4.78 is 14.9. The van der Waals surface area contributed by atoms with Crippen LogP contribution in [0.4, 0.5) is 15.9 Å². The number of anilines is 1. The molecule has 0 aromatic carbocycles. The molecule has 1 aromatic heterocycles. The Hall–Kier alpha value is -1.75. The highest BCUT2D eigenvalue weighted by Crippen LogP contribution is 2.29. The van der Waals surface area contributed by atoms with E-state index in [-0.39, 0.29) is 5.83 Å². The van der Waals surface area contributed by atoms with Gasteiger partial charge in [0.05, 0.1) is 11.4 Å². The van der Waals surface area contributed by atoms with Crippen molar-refractivity contribution in [1.29, 1.82) is 0 Å². The molecule has 0 bridgehead atoms. The van der Waals surface area contributed by atoms with Gasteiger partial charge in [-0.3, -0.25) is 4.99 Å². The van der Waals surface area contributed by atoms with E-state index in [1.807, 2.05) is 40.0 Å². The van der Waals surface area contributed by atoms with E-state index in [9.17, 15) is 4.39 Å². The number of rotatable bonds is 7. The Labute approximate surface area is 172 Å². The zero-order valence-electron chi connectivity index (χ0n) is 17.6. The highest BCUT2D eigenvalue weighted by atomic mass is 79.9. The molecular formula is C22H33BrFN3. The standard InChI is InChI=1S/C18H23BrFN3.C4H10/c1-5-8-10-14(20)15(9-6-2)22-18-13(4)16(21-11-7-3)12-17(19)23-18;1-4(2)3/h6,8-12H,5,7H2,1-4H3,(H,22,23);4H,1-3H3/b9-6-,10-8+,15-14-,21-11?;. The van der Waals surface area contributed by atoms with E-state index in [1.54, 1.807) is 18.2 Å². The Bertz CT molecular complexity index is 686. The molecule has 3 nitrogen and oxygen atoms in total. The Morgan fingerprint density at radius 1 is 1.26 bits per heavy atom. The second-order valence-corrected chi connectivity index (χ2v) is 7.40. The molecular weight excluding hydrogens is 405 g/mol. The molecule has 0 atom stereocenters. The van der Waals surface area contributed by atoms with Crippen LogP contribution < -0.4 is 5.32 Å². The zero-order chi connectivity index (χ0) is 20.8. The fourth-order valence-electron chi connectivity index (χ4n) is 1.80. The van der Waals surface area contributed by atoms with E-state index in [2.05, 4.69) is 52.0 Å². The van der Waals surface area contributed by atoms with Gasteiger partial charge in [0.1, 0.15) is 16.2 Å². The second kappa shape index (κ2) is 14.3. The molecule has 1 rings (SSSR count). The predicted molar refractivity (Wildman–Crippen MR) is 122 cm³/mol. The number of aliphatic imine (C=N–C) groups is 1. The van der Waals surface area contributed by atoms with Crippen LogP contribution in [0.25, 0.3) is 0 Å². The van der Waals surface area contributed by atoms with E-state index >= 15 is 0 Å². The Morgan fingerprint density at radius 2 is 1.89 bits per heavy atom. The molecule has 150 valence electrons. The lowest BCUT2D eigenvalue weighted by molar-refractivity contribution is 0.658. The van der Waals surface area contributed by atoms with E-state index < -0.39 is 0 Å². The van der Waals surface area contributed by atoms with Crippen LogP contribution in [0.2, 0.25) is 0 Å². The maximum Gasteiger partial charge on any atom is 0.146 e. The number of nitrogens with zero attached hydrogens (tertiary/aromatic N) is 2. The predicted octanol–water partition coefficient (Wildman–Crippen LogP) is 8.06.